The van der Waals surface area contributed by atoms with Crippen molar-refractivity contribution < 1.29 is 14.3 Å². The van der Waals surface area contributed by atoms with Crippen LogP contribution in [-0.4, -0.2) is 23.4 Å². The van der Waals surface area contributed by atoms with Crippen LogP contribution in [-0.2, 0) is 9.59 Å². The van der Waals surface area contributed by atoms with Crippen LogP contribution in [0, 0.1) is 19.3 Å². The summed E-state index contributed by atoms with van der Waals surface area (Å²) in [5.74, 6) is 1.55. The number of benzene rings is 2. The Kier molecular flexibility index (Phi) is 7.63. The van der Waals surface area contributed by atoms with Gasteiger partial charge >= 0.3 is 0 Å². The van der Waals surface area contributed by atoms with Gasteiger partial charge in [0.2, 0.25) is 11.8 Å². The molecule has 0 bridgehead atoms. The summed E-state index contributed by atoms with van der Waals surface area (Å²) in [7, 11) is 0. The Morgan fingerprint density at radius 3 is 2.32 bits per heavy atom. The molecular formula is C32H39N3O3. The average molecular weight is 514 g/mol. The van der Waals surface area contributed by atoms with E-state index in [0.717, 1.165) is 33.7 Å². The van der Waals surface area contributed by atoms with Crippen molar-refractivity contribution in [1.82, 2.24) is 4.98 Å². The highest BCUT2D eigenvalue weighted by Gasteiger charge is 2.34. The number of hydrogen-bond donors (Lipinski definition) is 2. The number of fused-ring (bicyclic) bond motifs is 1. The molecule has 3 aromatic rings. The first-order valence-electron chi connectivity index (χ1n) is 13.3. The number of hydrogen-bond acceptors (Lipinski definition) is 4. The summed E-state index contributed by atoms with van der Waals surface area (Å²) in [5.41, 5.74) is 7.64. The molecule has 0 fully saturated rings. The number of aromatic nitrogens is 1. The Hall–Kier alpha value is -3.67. The summed E-state index contributed by atoms with van der Waals surface area (Å²) >= 11 is 0. The van der Waals surface area contributed by atoms with Gasteiger partial charge in [-0.25, -0.2) is 4.98 Å². The Balaban J connectivity index is 1.89. The van der Waals surface area contributed by atoms with Gasteiger partial charge < -0.3 is 15.4 Å². The molecule has 1 atom stereocenters. The molecule has 0 saturated heterocycles. The summed E-state index contributed by atoms with van der Waals surface area (Å²) < 4.78 is 6.41. The zero-order valence-electron chi connectivity index (χ0n) is 23.8. The third-order valence-corrected chi connectivity index (χ3v) is 7.01. The number of anilines is 2. The van der Waals surface area contributed by atoms with Gasteiger partial charge in [0, 0.05) is 36.1 Å². The van der Waals surface area contributed by atoms with Crippen molar-refractivity contribution in [1.29, 1.82) is 0 Å². The van der Waals surface area contributed by atoms with Gasteiger partial charge in [0.15, 0.2) is 0 Å². The molecule has 0 spiro atoms. The molecule has 6 nitrogen and oxygen atoms in total. The van der Waals surface area contributed by atoms with Gasteiger partial charge in [-0.2, -0.15) is 0 Å². The van der Waals surface area contributed by atoms with Crippen LogP contribution in [0.15, 0.2) is 42.5 Å². The van der Waals surface area contributed by atoms with E-state index in [1.807, 2.05) is 19.1 Å². The van der Waals surface area contributed by atoms with E-state index >= 15 is 0 Å². The molecule has 200 valence electrons. The standard InChI is InChI=1S/C32H39N3O3/c1-18(2)22-12-14-23(15-13-22)24-17-38-31-28(24)19(3)30(35-27(37)16-32(6,7)8)20(4)29(31)25-10-9-11-26(34-25)33-21(5)36/h9-15,18,24H,16-17H2,1-8H3,(H,35,37)(H,33,34,36). The minimum Gasteiger partial charge on any atom is -0.492 e. The molecule has 1 aromatic heterocycles. The largest absolute Gasteiger partial charge is 0.492 e. The van der Waals surface area contributed by atoms with Gasteiger partial charge in [-0.1, -0.05) is 65.0 Å². The first-order valence-corrected chi connectivity index (χ1v) is 13.3. The van der Waals surface area contributed by atoms with Gasteiger partial charge in [0.05, 0.1) is 12.3 Å². The molecule has 0 aliphatic carbocycles. The van der Waals surface area contributed by atoms with Gasteiger partial charge in [-0.3, -0.25) is 9.59 Å². The lowest BCUT2D eigenvalue weighted by atomic mass is 9.84. The fraction of sp³-hybridized carbons (Fsp3) is 0.406. The van der Waals surface area contributed by atoms with Crippen LogP contribution >= 0.6 is 0 Å². The molecule has 38 heavy (non-hydrogen) atoms. The van der Waals surface area contributed by atoms with Crippen molar-refractivity contribution in [3.63, 3.8) is 0 Å². The van der Waals surface area contributed by atoms with E-state index < -0.39 is 0 Å². The van der Waals surface area contributed by atoms with E-state index in [1.54, 1.807) is 6.07 Å². The highest BCUT2D eigenvalue weighted by molar-refractivity contribution is 5.96. The van der Waals surface area contributed by atoms with Crippen molar-refractivity contribution in [2.75, 3.05) is 17.2 Å². The number of amides is 2. The lowest BCUT2D eigenvalue weighted by Gasteiger charge is -2.23. The van der Waals surface area contributed by atoms with Crippen LogP contribution in [0.2, 0.25) is 0 Å². The van der Waals surface area contributed by atoms with Gasteiger partial charge in [0.1, 0.15) is 11.6 Å². The Labute approximate surface area is 226 Å². The maximum Gasteiger partial charge on any atom is 0.224 e. The average Bonchev–Trinajstić information content (AvgIpc) is 3.25. The van der Waals surface area contributed by atoms with Crippen LogP contribution in [0.1, 0.15) is 87.6 Å². The van der Waals surface area contributed by atoms with Crippen molar-refractivity contribution in [3.8, 4) is 17.0 Å². The monoisotopic (exact) mass is 513 g/mol. The number of nitrogens with zero attached hydrogens (tertiary/aromatic N) is 1. The maximum atomic E-state index is 13.1. The fourth-order valence-electron chi connectivity index (χ4n) is 5.20. The quantitative estimate of drug-likeness (QED) is 0.361. The third kappa shape index (κ3) is 5.74. The van der Waals surface area contributed by atoms with Gasteiger partial charge in [0.25, 0.3) is 0 Å². The summed E-state index contributed by atoms with van der Waals surface area (Å²) in [6, 6.07) is 14.3. The number of carbonyl (C=O) groups excluding carboxylic acids is 2. The molecule has 0 saturated carbocycles. The molecule has 2 aromatic carbocycles. The number of ether oxygens (including phenoxy) is 1. The van der Waals surface area contributed by atoms with E-state index in [9.17, 15) is 9.59 Å². The highest BCUT2D eigenvalue weighted by Crippen LogP contribution is 2.50. The van der Waals surface area contributed by atoms with Crippen LogP contribution < -0.4 is 15.4 Å². The molecule has 2 N–H and O–H groups in total. The van der Waals surface area contributed by atoms with E-state index in [-0.39, 0.29) is 23.1 Å². The molecule has 2 heterocycles. The van der Waals surface area contributed by atoms with Gasteiger partial charge in [-0.15, -0.1) is 0 Å². The lowest BCUT2D eigenvalue weighted by molar-refractivity contribution is -0.118. The van der Waals surface area contributed by atoms with Crippen LogP contribution in [0.25, 0.3) is 11.3 Å². The van der Waals surface area contributed by atoms with E-state index in [2.05, 4.69) is 76.4 Å². The highest BCUT2D eigenvalue weighted by atomic mass is 16.5. The second-order valence-electron chi connectivity index (χ2n) is 11.8. The molecule has 4 rings (SSSR count). The zero-order chi connectivity index (χ0) is 27.8. The molecule has 1 unspecified atom stereocenters. The number of pyridine rings is 1. The van der Waals surface area contributed by atoms with Crippen LogP contribution in [0.5, 0.6) is 5.75 Å². The number of rotatable bonds is 6. The summed E-state index contributed by atoms with van der Waals surface area (Å²) in [4.78, 5) is 29.5. The topological polar surface area (TPSA) is 80.3 Å². The first kappa shape index (κ1) is 27.4. The molecule has 1 aliphatic heterocycles. The summed E-state index contributed by atoms with van der Waals surface area (Å²) in [6.07, 6.45) is 0.408. The number of carbonyl (C=O) groups is 2. The Bertz CT molecular complexity index is 1370. The molecule has 0 radical (unpaired) electrons. The van der Waals surface area contributed by atoms with Gasteiger partial charge in [-0.05, 0) is 59.6 Å². The Morgan fingerprint density at radius 2 is 1.71 bits per heavy atom. The fourth-order valence-corrected chi connectivity index (χ4v) is 5.20. The minimum atomic E-state index is -0.184. The maximum absolute atomic E-state index is 13.1. The number of nitrogens with one attached hydrogen (secondary N) is 2. The van der Waals surface area contributed by atoms with E-state index in [0.29, 0.717) is 30.5 Å². The van der Waals surface area contributed by atoms with Crippen LogP contribution in [0.4, 0.5) is 11.5 Å². The SMILES string of the molecule is CC(=O)Nc1cccc(-c2c(C)c(NC(=O)CC(C)(C)C)c(C)c3c2OCC3c2ccc(C(C)C)cc2)n1. The lowest BCUT2D eigenvalue weighted by Crippen LogP contribution is -2.21. The minimum absolute atomic E-state index is 0.0219. The van der Waals surface area contributed by atoms with Crippen molar-refractivity contribution in [2.45, 2.75) is 73.6 Å². The first-order chi connectivity index (χ1) is 17.9. The summed E-state index contributed by atoms with van der Waals surface area (Å²) in [6.45, 7) is 16.6. The van der Waals surface area contributed by atoms with Crippen LogP contribution in [0.3, 0.4) is 0 Å². The normalized spacial score (nSPS) is 14.7. The smallest absolute Gasteiger partial charge is 0.224 e. The van der Waals surface area contributed by atoms with Crippen molar-refractivity contribution >= 4 is 23.3 Å². The predicted molar refractivity (Wildman–Crippen MR) is 154 cm³/mol. The summed E-state index contributed by atoms with van der Waals surface area (Å²) in [5, 5.41) is 6.00. The zero-order valence-corrected chi connectivity index (χ0v) is 23.8. The molecule has 2 amide bonds. The molecule has 1 aliphatic rings. The third-order valence-electron chi connectivity index (χ3n) is 7.01. The second-order valence-corrected chi connectivity index (χ2v) is 11.8. The van der Waals surface area contributed by atoms with E-state index in [1.165, 1.54) is 18.1 Å². The predicted octanol–water partition coefficient (Wildman–Crippen LogP) is 7.35. The molecule has 6 heteroatoms. The Morgan fingerprint density at radius 1 is 1.03 bits per heavy atom. The van der Waals surface area contributed by atoms with E-state index in [4.69, 9.17) is 9.72 Å². The molecular weight excluding hydrogens is 474 g/mol. The van der Waals surface area contributed by atoms with Crippen molar-refractivity contribution in [3.05, 3.63) is 70.3 Å². The van der Waals surface area contributed by atoms with Crippen molar-refractivity contribution in [2.24, 2.45) is 5.41 Å². The second kappa shape index (κ2) is 10.6.